The van der Waals surface area contributed by atoms with E-state index < -0.39 is 10.1 Å². The molecule has 2 N–H and O–H groups in total. The van der Waals surface area contributed by atoms with Crippen molar-refractivity contribution in [2.24, 2.45) is 5.73 Å². The smallest absolute Gasteiger partial charge is 0.264 e. The summed E-state index contributed by atoms with van der Waals surface area (Å²) in [7, 11) is -3.45. The van der Waals surface area contributed by atoms with Gasteiger partial charge in [0.1, 0.15) is 6.61 Å². The second-order valence-corrected chi connectivity index (χ2v) is 4.38. The van der Waals surface area contributed by atoms with Crippen molar-refractivity contribution >= 4 is 16.2 Å². The van der Waals surface area contributed by atoms with Gasteiger partial charge >= 0.3 is 0 Å². The first-order valence-corrected chi connectivity index (χ1v) is 5.87. The predicted octanol–water partition coefficient (Wildman–Crippen LogP) is -0.118. The lowest BCUT2D eigenvalue weighted by molar-refractivity contribution is 0.307. The molecule has 7 heteroatoms. The lowest BCUT2D eigenvalue weighted by atomic mass is 10.4. The van der Waals surface area contributed by atoms with E-state index in [0.717, 1.165) is 6.26 Å². The van der Waals surface area contributed by atoms with Crippen LogP contribution in [0.25, 0.3) is 6.08 Å². The zero-order valence-electron chi connectivity index (χ0n) is 8.12. The van der Waals surface area contributed by atoms with Crippen LogP contribution >= 0.6 is 0 Å². The third-order valence-electron chi connectivity index (χ3n) is 1.40. The van der Waals surface area contributed by atoms with Crippen LogP contribution in [-0.4, -0.2) is 24.6 Å². The minimum absolute atomic E-state index is 0.104. The topological polar surface area (TPSA) is 95.2 Å². The van der Waals surface area contributed by atoms with Crippen LogP contribution in [0.5, 0.6) is 0 Å². The summed E-state index contributed by atoms with van der Waals surface area (Å²) in [6.07, 6.45) is 5.29. The lowest BCUT2D eigenvalue weighted by Crippen LogP contribution is -2.04. The standard InChI is InChI=1S/C8H11N3O3S/c1-15(12,13)14-6-7-3-5-10-8(11-7)2-4-9/h2-5H,6,9H2,1H3. The van der Waals surface area contributed by atoms with Crippen molar-refractivity contribution < 1.29 is 12.6 Å². The van der Waals surface area contributed by atoms with E-state index in [1.165, 1.54) is 18.5 Å². The summed E-state index contributed by atoms with van der Waals surface area (Å²) < 4.78 is 26.0. The molecule has 0 aliphatic carbocycles. The first-order valence-electron chi connectivity index (χ1n) is 4.06. The number of nitrogens with zero attached hydrogens (tertiary/aromatic N) is 2. The Morgan fingerprint density at radius 2 is 2.33 bits per heavy atom. The van der Waals surface area contributed by atoms with Crippen molar-refractivity contribution in [1.29, 1.82) is 0 Å². The van der Waals surface area contributed by atoms with Crippen LogP contribution in [0, 0.1) is 0 Å². The van der Waals surface area contributed by atoms with E-state index in [9.17, 15) is 8.42 Å². The minimum atomic E-state index is -3.45. The van der Waals surface area contributed by atoms with Gasteiger partial charge in [0.05, 0.1) is 11.9 Å². The highest BCUT2D eigenvalue weighted by molar-refractivity contribution is 7.85. The fourth-order valence-corrected chi connectivity index (χ4v) is 1.16. The largest absolute Gasteiger partial charge is 0.404 e. The lowest BCUT2D eigenvalue weighted by Gasteiger charge is -2.00. The number of hydrogen-bond donors (Lipinski definition) is 1. The van der Waals surface area contributed by atoms with E-state index in [-0.39, 0.29) is 6.61 Å². The predicted molar refractivity (Wildman–Crippen MR) is 54.9 cm³/mol. The molecule has 0 amide bonds. The highest BCUT2D eigenvalue weighted by atomic mass is 32.2. The Kier molecular flexibility index (Phi) is 3.75. The number of aromatic nitrogens is 2. The van der Waals surface area contributed by atoms with Gasteiger partial charge in [0.25, 0.3) is 10.1 Å². The summed E-state index contributed by atoms with van der Waals surface area (Å²) >= 11 is 0. The maximum absolute atomic E-state index is 10.7. The van der Waals surface area contributed by atoms with Crippen molar-refractivity contribution in [3.05, 3.63) is 30.0 Å². The van der Waals surface area contributed by atoms with Crippen molar-refractivity contribution in [2.45, 2.75) is 6.61 Å². The SMILES string of the molecule is CS(=O)(=O)OCc1ccnc(C=CN)n1. The molecule has 0 saturated carbocycles. The summed E-state index contributed by atoms with van der Waals surface area (Å²) in [5, 5.41) is 0. The summed E-state index contributed by atoms with van der Waals surface area (Å²) in [5.74, 6) is 0.409. The van der Waals surface area contributed by atoms with Crippen LogP contribution in [0.4, 0.5) is 0 Å². The molecule has 0 atom stereocenters. The van der Waals surface area contributed by atoms with Gasteiger partial charge in [-0.2, -0.15) is 8.42 Å². The average Bonchev–Trinajstić information content (AvgIpc) is 2.15. The molecule has 1 heterocycles. The maximum Gasteiger partial charge on any atom is 0.264 e. The third kappa shape index (κ3) is 4.52. The van der Waals surface area contributed by atoms with Crippen molar-refractivity contribution in [1.82, 2.24) is 9.97 Å². The van der Waals surface area contributed by atoms with Gasteiger partial charge in [-0.25, -0.2) is 9.97 Å². The molecule has 0 unspecified atom stereocenters. The fraction of sp³-hybridized carbons (Fsp3) is 0.250. The summed E-state index contributed by atoms with van der Waals surface area (Å²) in [4.78, 5) is 7.89. The van der Waals surface area contributed by atoms with E-state index in [4.69, 9.17) is 5.73 Å². The molecule has 0 fully saturated rings. The van der Waals surface area contributed by atoms with Gasteiger partial charge in [-0.3, -0.25) is 4.18 Å². The summed E-state index contributed by atoms with van der Waals surface area (Å²) in [6, 6.07) is 1.57. The average molecular weight is 229 g/mol. The number of nitrogens with two attached hydrogens (primary N) is 1. The van der Waals surface area contributed by atoms with E-state index >= 15 is 0 Å². The third-order valence-corrected chi connectivity index (χ3v) is 1.94. The molecule has 0 saturated heterocycles. The molecular weight excluding hydrogens is 218 g/mol. The fourth-order valence-electron chi connectivity index (χ4n) is 0.827. The van der Waals surface area contributed by atoms with Gasteiger partial charge in [0.15, 0.2) is 5.82 Å². The molecule has 0 aromatic carbocycles. The molecular formula is C8H11N3O3S. The molecule has 0 bridgehead atoms. The van der Waals surface area contributed by atoms with Crippen LogP contribution in [0.2, 0.25) is 0 Å². The maximum atomic E-state index is 10.7. The molecule has 0 aliphatic heterocycles. The quantitative estimate of drug-likeness (QED) is 0.723. The number of rotatable bonds is 4. The Bertz CT molecular complexity index is 456. The second-order valence-electron chi connectivity index (χ2n) is 2.73. The van der Waals surface area contributed by atoms with Gasteiger partial charge in [-0.15, -0.1) is 0 Å². The Morgan fingerprint density at radius 3 is 2.93 bits per heavy atom. The first kappa shape index (κ1) is 11.6. The van der Waals surface area contributed by atoms with Crippen LogP contribution in [0.15, 0.2) is 18.5 Å². The normalized spacial score (nSPS) is 12.1. The van der Waals surface area contributed by atoms with E-state index in [2.05, 4.69) is 14.2 Å². The van der Waals surface area contributed by atoms with Gasteiger partial charge in [0, 0.05) is 6.20 Å². The van der Waals surface area contributed by atoms with Crippen LogP contribution < -0.4 is 5.73 Å². The highest BCUT2D eigenvalue weighted by Gasteiger charge is 2.03. The molecule has 6 nitrogen and oxygen atoms in total. The van der Waals surface area contributed by atoms with Gasteiger partial charge in [-0.1, -0.05) is 0 Å². The van der Waals surface area contributed by atoms with E-state index in [0.29, 0.717) is 11.5 Å². The molecule has 0 aliphatic rings. The van der Waals surface area contributed by atoms with E-state index in [1.54, 1.807) is 6.07 Å². The second kappa shape index (κ2) is 4.85. The van der Waals surface area contributed by atoms with Crippen molar-refractivity contribution in [2.75, 3.05) is 6.26 Å². The summed E-state index contributed by atoms with van der Waals surface area (Å²) in [6.45, 7) is -0.104. The first-order chi connectivity index (χ1) is 7.01. The Balaban J connectivity index is 2.74. The molecule has 1 aromatic rings. The zero-order chi connectivity index (χ0) is 11.3. The Labute approximate surface area is 87.9 Å². The minimum Gasteiger partial charge on any atom is -0.404 e. The van der Waals surface area contributed by atoms with Crippen LogP contribution in [-0.2, 0) is 20.9 Å². The monoisotopic (exact) mass is 229 g/mol. The van der Waals surface area contributed by atoms with Crippen LogP contribution in [0.3, 0.4) is 0 Å². The van der Waals surface area contributed by atoms with Crippen molar-refractivity contribution in [3.8, 4) is 0 Å². The molecule has 1 aromatic heterocycles. The Hall–Kier alpha value is -1.47. The van der Waals surface area contributed by atoms with Gasteiger partial charge in [0.2, 0.25) is 0 Å². The summed E-state index contributed by atoms with van der Waals surface area (Å²) in [5.41, 5.74) is 5.64. The molecule has 1 rings (SSSR count). The molecule has 15 heavy (non-hydrogen) atoms. The highest BCUT2D eigenvalue weighted by Crippen LogP contribution is 2.01. The Morgan fingerprint density at radius 1 is 1.60 bits per heavy atom. The number of hydrogen-bond acceptors (Lipinski definition) is 6. The molecule has 0 spiro atoms. The zero-order valence-corrected chi connectivity index (χ0v) is 8.94. The molecule has 82 valence electrons. The van der Waals surface area contributed by atoms with Gasteiger partial charge < -0.3 is 5.73 Å². The van der Waals surface area contributed by atoms with Crippen molar-refractivity contribution in [3.63, 3.8) is 0 Å². The van der Waals surface area contributed by atoms with Gasteiger partial charge in [-0.05, 0) is 18.3 Å². The van der Waals surface area contributed by atoms with E-state index in [1.807, 2.05) is 0 Å². The van der Waals surface area contributed by atoms with Crippen LogP contribution in [0.1, 0.15) is 11.5 Å². The molecule has 0 radical (unpaired) electrons.